The molecule has 5 heteroatoms. The topological polar surface area (TPSA) is 50.2 Å². The molecule has 0 bridgehead atoms. The van der Waals surface area contributed by atoms with Gasteiger partial charge in [0.2, 0.25) is 0 Å². The SMILES string of the molecule is CNC1CCCN(C(=O)c2cncn2C)c2ccccc21. The van der Waals surface area contributed by atoms with Crippen LogP contribution in [0.15, 0.2) is 36.8 Å². The minimum Gasteiger partial charge on any atom is -0.330 e. The molecule has 0 fully saturated rings. The zero-order chi connectivity index (χ0) is 14.8. The van der Waals surface area contributed by atoms with E-state index in [4.69, 9.17) is 0 Å². The number of nitrogens with one attached hydrogen (secondary N) is 1. The number of amides is 1. The Morgan fingerprint density at radius 3 is 2.90 bits per heavy atom. The van der Waals surface area contributed by atoms with Gasteiger partial charge in [-0.25, -0.2) is 4.98 Å². The predicted molar refractivity (Wildman–Crippen MR) is 82.4 cm³/mol. The number of imidazole rings is 1. The maximum absolute atomic E-state index is 12.8. The van der Waals surface area contributed by atoms with E-state index < -0.39 is 0 Å². The molecule has 0 aliphatic carbocycles. The Balaban J connectivity index is 2.03. The fraction of sp³-hybridized carbons (Fsp3) is 0.375. The molecular weight excluding hydrogens is 264 g/mol. The van der Waals surface area contributed by atoms with E-state index in [0.717, 1.165) is 25.1 Å². The summed E-state index contributed by atoms with van der Waals surface area (Å²) in [5.41, 5.74) is 2.81. The highest BCUT2D eigenvalue weighted by Gasteiger charge is 2.27. The standard InChI is InChI=1S/C16H20N4O/c1-17-13-7-5-9-20(14-8-4-3-6-12(13)14)16(21)15-10-18-11-19(15)2/h3-4,6,8,10-11,13,17H,5,7,9H2,1-2H3. The number of aromatic nitrogens is 2. The molecule has 1 aliphatic heterocycles. The van der Waals surface area contributed by atoms with Gasteiger partial charge in [0.1, 0.15) is 5.69 Å². The molecule has 2 heterocycles. The molecule has 1 amide bonds. The zero-order valence-corrected chi connectivity index (χ0v) is 12.4. The summed E-state index contributed by atoms with van der Waals surface area (Å²) in [6.45, 7) is 0.735. The molecule has 0 saturated carbocycles. The van der Waals surface area contributed by atoms with Crippen molar-refractivity contribution in [2.45, 2.75) is 18.9 Å². The predicted octanol–water partition coefficient (Wildman–Crippen LogP) is 2.12. The Morgan fingerprint density at radius 2 is 2.19 bits per heavy atom. The van der Waals surface area contributed by atoms with Gasteiger partial charge >= 0.3 is 0 Å². The van der Waals surface area contributed by atoms with Crippen molar-refractivity contribution >= 4 is 11.6 Å². The first-order valence-corrected chi connectivity index (χ1v) is 7.26. The van der Waals surface area contributed by atoms with Crippen molar-refractivity contribution in [3.05, 3.63) is 48.0 Å². The van der Waals surface area contributed by atoms with Crippen LogP contribution in [-0.4, -0.2) is 29.1 Å². The molecule has 2 aromatic rings. The highest BCUT2D eigenvalue weighted by atomic mass is 16.2. The first-order valence-electron chi connectivity index (χ1n) is 7.26. The number of aryl methyl sites for hydroxylation is 1. The smallest absolute Gasteiger partial charge is 0.276 e. The van der Waals surface area contributed by atoms with Crippen LogP contribution in [0.5, 0.6) is 0 Å². The van der Waals surface area contributed by atoms with Crippen molar-refractivity contribution in [1.82, 2.24) is 14.9 Å². The Morgan fingerprint density at radius 1 is 1.38 bits per heavy atom. The molecule has 1 atom stereocenters. The van der Waals surface area contributed by atoms with E-state index in [1.54, 1.807) is 17.1 Å². The van der Waals surface area contributed by atoms with Gasteiger partial charge < -0.3 is 14.8 Å². The number of anilines is 1. The largest absolute Gasteiger partial charge is 0.330 e. The summed E-state index contributed by atoms with van der Waals surface area (Å²) in [6.07, 6.45) is 5.30. The van der Waals surface area contributed by atoms with Crippen LogP contribution in [0.4, 0.5) is 5.69 Å². The van der Waals surface area contributed by atoms with E-state index >= 15 is 0 Å². The molecule has 1 unspecified atom stereocenters. The number of nitrogens with zero attached hydrogens (tertiary/aromatic N) is 3. The average molecular weight is 284 g/mol. The third-order valence-corrected chi connectivity index (χ3v) is 4.11. The van der Waals surface area contributed by atoms with Gasteiger partial charge in [0.05, 0.1) is 12.5 Å². The highest BCUT2D eigenvalue weighted by molar-refractivity contribution is 6.05. The number of rotatable bonds is 2. The van der Waals surface area contributed by atoms with E-state index in [1.807, 2.05) is 37.2 Å². The van der Waals surface area contributed by atoms with Crippen molar-refractivity contribution in [3.8, 4) is 0 Å². The summed E-state index contributed by atoms with van der Waals surface area (Å²) in [5, 5.41) is 3.35. The summed E-state index contributed by atoms with van der Waals surface area (Å²) in [4.78, 5) is 18.8. The maximum atomic E-state index is 12.8. The van der Waals surface area contributed by atoms with Gasteiger partial charge in [0.15, 0.2) is 0 Å². The lowest BCUT2D eigenvalue weighted by Gasteiger charge is -2.24. The first-order chi connectivity index (χ1) is 10.2. The lowest BCUT2D eigenvalue weighted by Crippen LogP contribution is -2.33. The van der Waals surface area contributed by atoms with Crippen LogP contribution < -0.4 is 10.2 Å². The number of para-hydroxylation sites is 1. The second-order valence-electron chi connectivity index (χ2n) is 5.39. The van der Waals surface area contributed by atoms with Gasteiger partial charge in [0.25, 0.3) is 5.91 Å². The van der Waals surface area contributed by atoms with Crippen LogP contribution in [-0.2, 0) is 7.05 Å². The van der Waals surface area contributed by atoms with Crippen molar-refractivity contribution in [3.63, 3.8) is 0 Å². The fourth-order valence-electron chi connectivity index (χ4n) is 2.97. The molecule has 110 valence electrons. The molecule has 1 aliphatic rings. The summed E-state index contributed by atoms with van der Waals surface area (Å²) in [6, 6.07) is 8.44. The third kappa shape index (κ3) is 2.45. The van der Waals surface area contributed by atoms with Gasteiger partial charge in [-0.2, -0.15) is 0 Å². The Labute approximate surface area is 124 Å². The monoisotopic (exact) mass is 284 g/mol. The van der Waals surface area contributed by atoms with Gasteiger partial charge in [-0.1, -0.05) is 18.2 Å². The van der Waals surface area contributed by atoms with E-state index in [0.29, 0.717) is 11.7 Å². The van der Waals surface area contributed by atoms with E-state index in [9.17, 15) is 4.79 Å². The molecule has 0 radical (unpaired) electrons. The normalized spacial score (nSPS) is 18.2. The molecule has 3 rings (SSSR count). The van der Waals surface area contributed by atoms with Gasteiger partial charge in [-0.05, 0) is 31.5 Å². The molecule has 0 saturated heterocycles. The Kier molecular flexibility index (Phi) is 3.75. The number of benzene rings is 1. The highest BCUT2D eigenvalue weighted by Crippen LogP contribution is 2.33. The summed E-state index contributed by atoms with van der Waals surface area (Å²) in [7, 11) is 3.82. The Hall–Kier alpha value is -2.14. The number of fused-ring (bicyclic) bond motifs is 1. The molecule has 21 heavy (non-hydrogen) atoms. The summed E-state index contributed by atoms with van der Waals surface area (Å²) >= 11 is 0. The minimum atomic E-state index is 0.0132. The van der Waals surface area contributed by atoms with Gasteiger partial charge in [0, 0.05) is 25.3 Å². The molecular formula is C16H20N4O. The average Bonchev–Trinajstić information content (AvgIpc) is 2.84. The molecule has 0 spiro atoms. The van der Waals surface area contributed by atoms with Crippen LogP contribution >= 0.6 is 0 Å². The summed E-state index contributed by atoms with van der Waals surface area (Å²) < 4.78 is 1.77. The quantitative estimate of drug-likeness (QED) is 0.919. The van der Waals surface area contributed by atoms with Crippen molar-refractivity contribution in [2.75, 3.05) is 18.5 Å². The molecule has 1 N–H and O–H groups in total. The van der Waals surface area contributed by atoms with Gasteiger partial charge in [-0.15, -0.1) is 0 Å². The van der Waals surface area contributed by atoms with Crippen LogP contribution in [0.3, 0.4) is 0 Å². The minimum absolute atomic E-state index is 0.0132. The number of hydrogen-bond donors (Lipinski definition) is 1. The van der Waals surface area contributed by atoms with Crippen molar-refractivity contribution < 1.29 is 4.79 Å². The fourth-order valence-corrected chi connectivity index (χ4v) is 2.97. The zero-order valence-electron chi connectivity index (χ0n) is 12.4. The van der Waals surface area contributed by atoms with E-state index in [1.165, 1.54) is 5.56 Å². The van der Waals surface area contributed by atoms with Crippen LogP contribution in [0.2, 0.25) is 0 Å². The van der Waals surface area contributed by atoms with E-state index in [-0.39, 0.29) is 5.91 Å². The van der Waals surface area contributed by atoms with Gasteiger partial charge in [-0.3, -0.25) is 4.79 Å². The first kappa shape index (κ1) is 13.8. The van der Waals surface area contributed by atoms with Crippen LogP contribution in [0, 0.1) is 0 Å². The number of carbonyl (C=O) groups excluding carboxylic acids is 1. The van der Waals surface area contributed by atoms with E-state index in [2.05, 4.69) is 16.4 Å². The summed E-state index contributed by atoms with van der Waals surface area (Å²) in [5.74, 6) is 0.0132. The lowest BCUT2D eigenvalue weighted by atomic mass is 10.0. The molecule has 5 nitrogen and oxygen atoms in total. The second-order valence-corrected chi connectivity index (χ2v) is 5.39. The number of carbonyl (C=O) groups is 1. The third-order valence-electron chi connectivity index (χ3n) is 4.11. The second kappa shape index (κ2) is 5.69. The molecule has 1 aromatic heterocycles. The van der Waals surface area contributed by atoms with Crippen LogP contribution in [0.1, 0.15) is 34.9 Å². The molecule has 1 aromatic carbocycles. The number of hydrogen-bond acceptors (Lipinski definition) is 3. The Bertz CT molecular complexity index is 649. The van der Waals surface area contributed by atoms with Crippen molar-refractivity contribution in [2.24, 2.45) is 7.05 Å². The van der Waals surface area contributed by atoms with Crippen molar-refractivity contribution in [1.29, 1.82) is 0 Å². The lowest BCUT2D eigenvalue weighted by molar-refractivity contribution is 0.0979. The maximum Gasteiger partial charge on any atom is 0.276 e. The van der Waals surface area contributed by atoms with Crippen LogP contribution in [0.25, 0.3) is 0 Å².